The van der Waals surface area contributed by atoms with Crippen molar-refractivity contribution in [2.24, 2.45) is 0 Å². The molecule has 9 heavy (non-hydrogen) atoms. The molecule has 0 unspecified atom stereocenters. The van der Waals surface area contributed by atoms with Gasteiger partial charge in [-0.05, 0) is 13.1 Å². The Labute approximate surface area is 73.1 Å². The van der Waals surface area contributed by atoms with Crippen molar-refractivity contribution in [2.75, 3.05) is 25.5 Å². The van der Waals surface area contributed by atoms with Crippen LogP contribution in [-0.2, 0) is 0 Å². The second-order valence-corrected chi connectivity index (χ2v) is 2.09. The Balaban J connectivity index is 0. The van der Waals surface area contributed by atoms with Crippen LogP contribution in [0.15, 0.2) is 0 Å². The summed E-state index contributed by atoms with van der Waals surface area (Å²) in [6, 6.07) is 0. The highest BCUT2D eigenvalue weighted by Gasteiger charge is 1.93. The molecule has 0 saturated heterocycles. The largest absolute Gasteiger partial charge is 0.303 e. The summed E-state index contributed by atoms with van der Waals surface area (Å²) in [5.74, 6) is 0.752. The van der Waals surface area contributed by atoms with Crippen LogP contribution in [-0.4, -0.2) is 30.4 Å². The minimum absolute atomic E-state index is 0. The summed E-state index contributed by atoms with van der Waals surface area (Å²) in [6.07, 6.45) is 0. The SMILES string of the molecule is Br.CCN(CC)CCCl. The van der Waals surface area contributed by atoms with E-state index in [0.29, 0.717) is 0 Å². The van der Waals surface area contributed by atoms with Gasteiger partial charge in [0, 0.05) is 12.4 Å². The number of halogens is 2. The van der Waals surface area contributed by atoms with Gasteiger partial charge in [-0.1, -0.05) is 13.8 Å². The summed E-state index contributed by atoms with van der Waals surface area (Å²) in [7, 11) is 0. The summed E-state index contributed by atoms with van der Waals surface area (Å²) in [5, 5.41) is 0. The maximum atomic E-state index is 5.51. The van der Waals surface area contributed by atoms with Crippen LogP contribution in [0.25, 0.3) is 0 Å². The Bertz CT molecular complexity index is 48.3. The summed E-state index contributed by atoms with van der Waals surface area (Å²) < 4.78 is 0. The van der Waals surface area contributed by atoms with Gasteiger partial charge in [0.05, 0.1) is 0 Å². The summed E-state index contributed by atoms with van der Waals surface area (Å²) >= 11 is 5.51. The lowest BCUT2D eigenvalue weighted by Crippen LogP contribution is -2.24. The predicted molar refractivity (Wildman–Crippen MR) is 48.8 cm³/mol. The first kappa shape index (κ1) is 12.4. The van der Waals surface area contributed by atoms with Crippen molar-refractivity contribution in [2.45, 2.75) is 13.8 Å². The van der Waals surface area contributed by atoms with Crippen molar-refractivity contribution >= 4 is 28.6 Å². The van der Waals surface area contributed by atoms with E-state index in [1.807, 2.05) is 0 Å². The van der Waals surface area contributed by atoms with Gasteiger partial charge in [0.2, 0.25) is 0 Å². The molecule has 0 aliphatic rings. The number of hydrogen-bond donors (Lipinski definition) is 0. The Morgan fingerprint density at radius 2 is 1.67 bits per heavy atom. The molecule has 0 aromatic heterocycles. The molecule has 0 saturated carbocycles. The van der Waals surface area contributed by atoms with E-state index in [1.54, 1.807) is 0 Å². The maximum Gasteiger partial charge on any atom is 0.0351 e. The molecular weight excluding hydrogens is 201 g/mol. The van der Waals surface area contributed by atoms with Crippen molar-refractivity contribution in [3.8, 4) is 0 Å². The van der Waals surface area contributed by atoms with Crippen molar-refractivity contribution in [3.05, 3.63) is 0 Å². The standard InChI is InChI=1S/C6H14ClN.BrH/c1-3-8(4-2)6-5-7;/h3-6H2,1-2H3;1H. The zero-order chi connectivity index (χ0) is 6.41. The molecule has 1 nitrogen and oxygen atoms in total. The molecular formula is C6H15BrClN. The van der Waals surface area contributed by atoms with E-state index in [-0.39, 0.29) is 17.0 Å². The van der Waals surface area contributed by atoms with E-state index < -0.39 is 0 Å². The minimum atomic E-state index is 0. The van der Waals surface area contributed by atoms with Crippen molar-refractivity contribution in [3.63, 3.8) is 0 Å². The molecule has 3 heteroatoms. The van der Waals surface area contributed by atoms with Crippen molar-refractivity contribution < 1.29 is 0 Å². The molecule has 0 aliphatic heterocycles. The quantitative estimate of drug-likeness (QED) is 0.651. The Hall–Kier alpha value is 0.730. The third kappa shape index (κ3) is 6.62. The highest BCUT2D eigenvalue weighted by atomic mass is 79.9. The molecule has 0 fully saturated rings. The first-order valence-electron chi connectivity index (χ1n) is 3.13. The fourth-order valence-corrected chi connectivity index (χ4v) is 0.898. The second-order valence-electron chi connectivity index (χ2n) is 1.72. The summed E-state index contributed by atoms with van der Waals surface area (Å²) in [6.45, 7) is 7.55. The zero-order valence-corrected chi connectivity index (χ0v) is 8.53. The minimum Gasteiger partial charge on any atom is -0.303 e. The monoisotopic (exact) mass is 215 g/mol. The van der Waals surface area contributed by atoms with Crippen LogP contribution in [0.4, 0.5) is 0 Å². The lowest BCUT2D eigenvalue weighted by Gasteiger charge is -2.14. The molecule has 0 amide bonds. The van der Waals surface area contributed by atoms with Gasteiger partial charge in [0.25, 0.3) is 0 Å². The van der Waals surface area contributed by atoms with Gasteiger partial charge in [-0.2, -0.15) is 0 Å². The molecule has 0 rings (SSSR count). The summed E-state index contributed by atoms with van der Waals surface area (Å²) in [4.78, 5) is 2.30. The molecule has 0 atom stereocenters. The van der Waals surface area contributed by atoms with Crippen LogP contribution in [0.1, 0.15) is 13.8 Å². The van der Waals surface area contributed by atoms with Crippen LogP contribution in [0.3, 0.4) is 0 Å². The lowest BCUT2D eigenvalue weighted by atomic mass is 10.5. The van der Waals surface area contributed by atoms with E-state index in [9.17, 15) is 0 Å². The average molecular weight is 217 g/mol. The third-order valence-electron chi connectivity index (χ3n) is 1.30. The Kier molecular flexibility index (Phi) is 12.0. The highest BCUT2D eigenvalue weighted by Crippen LogP contribution is 1.86. The second kappa shape index (κ2) is 8.73. The molecule has 0 heterocycles. The Morgan fingerprint density at radius 1 is 1.22 bits per heavy atom. The van der Waals surface area contributed by atoms with Gasteiger partial charge in [-0.3, -0.25) is 0 Å². The van der Waals surface area contributed by atoms with E-state index in [2.05, 4.69) is 18.7 Å². The van der Waals surface area contributed by atoms with Gasteiger partial charge in [0.15, 0.2) is 0 Å². The van der Waals surface area contributed by atoms with E-state index >= 15 is 0 Å². The molecule has 0 aromatic carbocycles. The number of nitrogens with zero attached hydrogens (tertiary/aromatic N) is 1. The number of alkyl halides is 1. The molecule has 0 aliphatic carbocycles. The first-order valence-corrected chi connectivity index (χ1v) is 3.66. The molecule has 0 bridgehead atoms. The van der Waals surface area contributed by atoms with Crippen LogP contribution < -0.4 is 0 Å². The topological polar surface area (TPSA) is 3.24 Å². The normalized spacial score (nSPS) is 9.33. The average Bonchev–Trinajstić information content (AvgIpc) is 1.83. The lowest BCUT2D eigenvalue weighted by molar-refractivity contribution is 0.323. The third-order valence-corrected chi connectivity index (χ3v) is 1.46. The smallest absolute Gasteiger partial charge is 0.0351 e. The van der Waals surface area contributed by atoms with Crippen molar-refractivity contribution in [1.29, 1.82) is 0 Å². The number of rotatable bonds is 4. The van der Waals surface area contributed by atoms with Gasteiger partial charge < -0.3 is 4.90 Å². The maximum absolute atomic E-state index is 5.51. The van der Waals surface area contributed by atoms with E-state index in [4.69, 9.17) is 11.6 Å². The zero-order valence-electron chi connectivity index (χ0n) is 6.06. The van der Waals surface area contributed by atoms with Crippen LogP contribution in [0.5, 0.6) is 0 Å². The van der Waals surface area contributed by atoms with Gasteiger partial charge >= 0.3 is 0 Å². The van der Waals surface area contributed by atoms with Gasteiger partial charge in [0.1, 0.15) is 0 Å². The molecule has 0 aromatic rings. The van der Waals surface area contributed by atoms with Crippen molar-refractivity contribution in [1.82, 2.24) is 4.90 Å². The first-order chi connectivity index (χ1) is 3.85. The molecule has 0 spiro atoms. The van der Waals surface area contributed by atoms with E-state index in [0.717, 1.165) is 25.5 Å². The molecule has 0 N–H and O–H groups in total. The summed E-state index contributed by atoms with van der Waals surface area (Å²) in [5.41, 5.74) is 0. The Morgan fingerprint density at radius 3 is 1.78 bits per heavy atom. The van der Waals surface area contributed by atoms with Crippen LogP contribution >= 0.6 is 28.6 Å². The van der Waals surface area contributed by atoms with Crippen LogP contribution in [0, 0.1) is 0 Å². The highest BCUT2D eigenvalue weighted by molar-refractivity contribution is 8.93. The van der Waals surface area contributed by atoms with E-state index in [1.165, 1.54) is 0 Å². The van der Waals surface area contributed by atoms with Gasteiger partial charge in [-0.15, -0.1) is 28.6 Å². The molecule has 58 valence electrons. The number of hydrogen-bond acceptors (Lipinski definition) is 1. The van der Waals surface area contributed by atoms with Gasteiger partial charge in [-0.25, -0.2) is 0 Å². The van der Waals surface area contributed by atoms with Crippen LogP contribution in [0.2, 0.25) is 0 Å². The molecule has 0 radical (unpaired) electrons. The fourth-order valence-electron chi connectivity index (χ4n) is 0.659. The fraction of sp³-hybridized carbons (Fsp3) is 1.00. The predicted octanol–water partition coefficient (Wildman–Crippen LogP) is 2.14.